The monoisotopic (exact) mass is 482 g/mol. The summed E-state index contributed by atoms with van der Waals surface area (Å²) in [5.41, 5.74) is -3.20. The average Bonchev–Trinajstić information content (AvgIpc) is 3.16. The van der Waals surface area contributed by atoms with Crippen LogP contribution >= 0.6 is 0 Å². The van der Waals surface area contributed by atoms with E-state index in [2.05, 4.69) is 5.32 Å². The zero-order chi connectivity index (χ0) is 24.6. The van der Waals surface area contributed by atoms with E-state index in [1.54, 1.807) is 0 Å². The summed E-state index contributed by atoms with van der Waals surface area (Å²) in [6, 6.07) is 4.25. The lowest BCUT2D eigenvalue weighted by atomic mass is 9.88. The maximum Gasteiger partial charge on any atom is 0.417 e. The molecular formula is C21H15F9N2O. The molecular weight excluding hydrogens is 467 g/mol. The van der Waals surface area contributed by atoms with E-state index in [0.717, 1.165) is 36.4 Å². The molecule has 1 N–H and O–H groups in total. The Morgan fingerprint density at radius 1 is 0.909 bits per heavy atom. The fraction of sp³-hybridized carbons (Fsp3) is 0.381. The Kier molecular flexibility index (Phi) is 6.57. The van der Waals surface area contributed by atoms with Gasteiger partial charge in [0.05, 0.1) is 22.8 Å². The fourth-order valence-electron chi connectivity index (χ4n) is 3.71. The quantitative estimate of drug-likeness (QED) is 0.540. The summed E-state index contributed by atoms with van der Waals surface area (Å²) in [5, 5.41) is 11.2. The summed E-state index contributed by atoms with van der Waals surface area (Å²) < 4.78 is 124. The highest BCUT2D eigenvalue weighted by molar-refractivity contribution is 5.43. The standard InChI is InChI=1S/C21H15F9N2O/c22-19(23,24)13-3-5-15(6-4-13)33-10-14-8-16(18(32-14)21(28,29)30)11-1-2-12(9-31)17(7-11)20(25,26)27/h1-7,14,16,18,32H,8,10H2. The first-order chi connectivity index (χ1) is 15.2. The van der Waals surface area contributed by atoms with Crippen molar-refractivity contribution >= 4 is 0 Å². The SMILES string of the molecule is N#Cc1ccc(C2CC(COc3ccc(C(F)(F)F)cc3)NC2C(F)(F)F)cc1C(F)(F)F. The minimum absolute atomic E-state index is 0.00506. The molecule has 3 atom stereocenters. The molecule has 2 aromatic carbocycles. The molecule has 0 radical (unpaired) electrons. The lowest BCUT2D eigenvalue weighted by Crippen LogP contribution is -2.44. The van der Waals surface area contributed by atoms with Crippen molar-refractivity contribution in [3.05, 3.63) is 64.7 Å². The number of hydrogen-bond donors (Lipinski definition) is 1. The molecule has 3 rings (SSSR count). The molecule has 0 amide bonds. The summed E-state index contributed by atoms with van der Waals surface area (Å²) in [6.07, 6.45) is -14.5. The summed E-state index contributed by atoms with van der Waals surface area (Å²) in [4.78, 5) is 0. The molecule has 3 unspecified atom stereocenters. The number of nitrogens with one attached hydrogen (secondary N) is 1. The van der Waals surface area contributed by atoms with Crippen LogP contribution in [0.2, 0.25) is 0 Å². The van der Waals surface area contributed by atoms with Crippen LogP contribution in [0.5, 0.6) is 5.75 Å². The highest BCUT2D eigenvalue weighted by atomic mass is 19.4. The van der Waals surface area contributed by atoms with Crippen LogP contribution < -0.4 is 10.1 Å². The van der Waals surface area contributed by atoms with Crippen molar-refractivity contribution in [2.45, 2.75) is 43.0 Å². The second kappa shape index (κ2) is 8.78. The Balaban J connectivity index is 1.79. The molecule has 1 saturated heterocycles. The molecule has 1 aliphatic heterocycles. The van der Waals surface area contributed by atoms with Crippen molar-refractivity contribution in [1.82, 2.24) is 5.32 Å². The summed E-state index contributed by atoms with van der Waals surface area (Å²) in [7, 11) is 0. The van der Waals surface area contributed by atoms with Gasteiger partial charge in [-0.05, 0) is 48.4 Å². The highest BCUT2D eigenvalue weighted by Crippen LogP contribution is 2.42. The molecule has 33 heavy (non-hydrogen) atoms. The van der Waals surface area contributed by atoms with Gasteiger partial charge in [-0.2, -0.15) is 44.8 Å². The Bertz CT molecular complexity index is 1020. The van der Waals surface area contributed by atoms with E-state index in [0.29, 0.717) is 6.07 Å². The van der Waals surface area contributed by atoms with Gasteiger partial charge in [0.2, 0.25) is 0 Å². The van der Waals surface area contributed by atoms with E-state index in [9.17, 15) is 39.5 Å². The molecule has 0 aromatic heterocycles. The predicted molar refractivity (Wildman–Crippen MR) is 97.2 cm³/mol. The number of hydrogen-bond acceptors (Lipinski definition) is 3. The molecule has 0 bridgehead atoms. The van der Waals surface area contributed by atoms with Crippen molar-refractivity contribution in [3.8, 4) is 11.8 Å². The van der Waals surface area contributed by atoms with Crippen molar-refractivity contribution < 1.29 is 44.3 Å². The van der Waals surface area contributed by atoms with Crippen LogP contribution in [0.4, 0.5) is 39.5 Å². The Morgan fingerprint density at radius 3 is 2.06 bits per heavy atom. The third-order valence-electron chi connectivity index (χ3n) is 5.24. The zero-order valence-corrected chi connectivity index (χ0v) is 16.4. The minimum Gasteiger partial charge on any atom is -0.492 e. The van der Waals surface area contributed by atoms with E-state index in [1.807, 2.05) is 0 Å². The second-order valence-corrected chi connectivity index (χ2v) is 7.47. The van der Waals surface area contributed by atoms with Crippen LogP contribution in [0.3, 0.4) is 0 Å². The average molecular weight is 482 g/mol. The lowest BCUT2D eigenvalue weighted by molar-refractivity contribution is -0.156. The maximum absolute atomic E-state index is 13.6. The van der Waals surface area contributed by atoms with Crippen LogP contribution in [0.1, 0.15) is 34.6 Å². The predicted octanol–water partition coefficient (Wildman–Crippen LogP) is 6.05. The van der Waals surface area contributed by atoms with Gasteiger partial charge >= 0.3 is 18.5 Å². The molecule has 1 heterocycles. The van der Waals surface area contributed by atoms with E-state index >= 15 is 0 Å². The largest absolute Gasteiger partial charge is 0.492 e. The van der Waals surface area contributed by atoms with Gasteiger partial charge in [-0.3, -0.25) is 5.32 Å². The highest BCUT2D eigenvalue weighted by Gasteiger charge is 2.51. The van der Waals surface area contributed by atoms with Crippen LogP contribution in [0.25, 0.3) is 0 Å². The van der Waals surface area contributed by atoms with Crippen LogP contribution in [0.15, 0.2) is 42.5 Å². The number of halogens is 9. The van der Waals surface area contributed by atoms with Crippen molar-refractivity contribution in [2.24, 2.45) is 0 Å². The van der Waals surface area contributed by atoms with E-state index in [1.165, 1.54) is 6.07 Å². The zero-order valence-electron chi connectivity index (χ0n) is 16.4. The lowest BCUT2D eigenvalue weighted by Gasteiger charge is -2.23. The van der Waals surface area contributed by atoms with Gasteiger partial charge < -0.3 is 4.74 Å². The van der Waals surface area contributed by atoms with Gasteiger partial charge in [-0.25, -0.2) is 0 Å². The van der Waals surface area contributed by atoms with Crippen LogP contribution in [0, 0.1) is 11.3 Å². The third kappa shape index (κ3) is 5.71. The van der Waals surface area contributed by atoms with E-state index in [4.69, 9.17) is 10.00 Å². The van der Waals surface area contributed by atoms with Crippen molar-refractivity contribution in [2.75, 3.05) is 6.61 Å². The Hall–Kier alpha value is -2.94. The van der Waals surface area contributed by atoms with Gasteiger partial charge in [0, 0.05) is 12.0 Å². The van der Waals surface area contributed by atoms with Gasteiger partial charge in [0.15, 0.2) is 0 Å². The van der Waals surface area contributed by atoms with Gasteiger partial charge in [0.1, 0.15) is 18.4 Å². The summed E-state index contributed by atoms with van der Waals surface area (Å²) in [6.45, 7) is -0.350. The topological polar surface area (TPSA) is 45.0 Å². The molecule has 0 aliphatic carbocycles. The van der Waals surface area contributed by atoms with Crippen LogP contribution in [-0.4, -0.2) is 24.9 Å². The third-order valence-corrected chi connectivity index (χ3v) is 5.24. The number of benzene rings is 2. The van der Waals surface area contributed by atoms with Gasteiger partial charge in [-0.1, -0.05) is 6.07 Å². The maximum atomic E-state index is 13.6. The normalized spacial score (nSPS) is 21.6. The molecule has 0 saturated carbocycles. The molecule has 1 aliphatic rings. The molecule has 178 valence electrons. The first kappa shape index (κ1) is 24.7. The summed E-state index contributed by atoms with van der Waals surface area (Å²) >= 11 is 0. The van der Waals surface area contributed by atoms with Crippen LogP contribution in [-0.2, 0) is 12.4 Å². The molecule has 0 spiro atoms. The van der Waals surface area contributed by atoms with Gasteiger partial charge in [0.25, 0.3) is 0 Å². The first-order valence-corrected chi connectivity index (χ1v) is 9.44. The van der Waals surface area contributed by atoms with Crippen molar-refractivity contribution in [3.63, 3.8) is 0 Å². The number of nitrogens with zero attached hydrogens (tertiary/aromatic N) is 1. The van der Waals surface area contributed by atoms with E-state index in [-0.39, 0.29) is 24.3 Å². The Morgan fingerprint density at radius 2 is 1.55 bits per heavy atom. The minimum atomic E-state index is -4.92. The summed E-state index contributed by atoms with van der Waals surface area (Å²) in [5.74, 6) is -1.39. The Labute approximate surface area is 181 Å². The molecule has 3 nitrogen and oxygen atoms in total. The van der Waals surface area contributed by atoms with Crippen molar-refractivity contribution in [1.29, 1.82) is 5.26 Å². The fourth-order valence-corrected chi connectivity index (χ4v) is 3.71. The first-order valence-electron chi connectivity index (χ1n) is 9.44. The molecule has 2 aromatic rings. The molecule has 1 fully saturated rings. The number of alkyl halides is 9. The smallest absolute Gasteiger partial charge is 0.417 e. The second-order valence-electron chi connectivity index (χ2n) is 7.47. The van der Waals surface area contributed by atoms with E-state index < -0.39 is 53.2 Å². The van der Waals surface area contributed by atoms with Gasteiger partial charge in [-0.15, -0.1) is 0 Å². The number of rotatable bonds is 4. The molecule has 12 heteroatoms. The number of nitriles is 1. The number of ether oxygens (including phenoxy) is 1.